The molecule has 21 heavy (non-hydrogen) atoms. The first-order chi connectivity index (χ1) is 9.97. The summed E-state index contributed by atoms with van der Waals surface area (Å²) < 4.78 is 1.08. The molecule has 0 fully saturated rings. The van der Waals surface area contributed by atoms with Crippen LogP contribution in [0.15, 0.2) is 39.5 Å². The van der Waals surface area contributed by atoms with Gasteiger partial charge in [-0.25, -0.2) is 0 Å². The fourth-order valence-corrected chi connectivity index (χ4v) is 3.29. The van der Waals surface area contributed by atoms with E-state index in [0.717, 1.165) is 15.0 Å². The lowest BCUT2D eigenvalue weighted by molar-refractivity contribution is 0.0786. The van der Waals surface area contributed by atoms with Crippen LogP contribution in [0.4, 0.5) is 5.69 Å². The molecule has 0 atom stereocenters. The molecule has 0 aliphatic heterocycles. The summed E-state index contributed by atoms with van der Waals surface area (Å²) in [5, 5.41) is 5.39. The molecule has 0 radical (unpaired) electrons. The van der Waals surface area contributed by atoms with Crippen LogP contribution in [0, 0.1) is 0 Å². The molecular formula is C16H19BrN2OS. The van der Waals surface area contributed by atoms with E-state index in [1.807, 2.05) is 37.4 Å². The lowest BCUT2D eigenvalue weighted by Crippen LogP contribution is -2.27. The van der Waals surface area contributed by atoms with E-state index >= 15 is 0 Å². The number of carbonyl (C=O) groups excluding carboxylic acids is 1. The van der Waals surface area contributed by atoms with Crippen LogP contribution in [0.1, 0.15) is 29.8 Å². The van der Waals surface area contributed by atoms with E-state index in [1.165, 1.54) is 0 Å². The van der Waals surface area contributed by atoms with Crippen LogP contribution >= 0.6 is 27.3 Å². The smallest absolute Gasteiger partial charge is 0.255 e. The summed E-state index contributed by atoms with van der Waals surface area (Å²) in [6.45, 7) is 4.73. The molecule has 1 N–H and O–H groups in total. The number of nitrogens with one attached hydrogen (secondary N) is 1. The summed E-state index contributed by atoms with van der Waals surface area (Å²) >= 11 is 5.08. The highest BCUT2D eigenvalue weighted by Crippen LogP contribution is 2.23. The van der Waals surface area contributed by atoms with Gasteiger partial charge in [0.15, 0.2) is 0 Å². The molecule has 1 aromatic carbocycles. The van der Waals surface area contributed by atoms with Crippen molar-refractivity contribution in [1.29, 1.82) is 0 Å². The SMILES string of the molecule is CC(C)Nc1ccccc1C(=O)N(C)Cc1csc(Br)c1. The first-order valence-electron chi connectivity index (χ1n) is 6.81. The van der Waals surface area contributed by atoms with Crippen molar-refractivity contribution >= 4 is 38.9 Å². The second-order valence-corrected chi connectivity index (χ2v) is 7.56. The third-order valence-electron chi connectivity index (χ3n) is 2.99. The van der Waals surface area contributed by atoms with E-state index in [2.05, 4.69) is 40.5 Å². The number of hydrogen-bond acceptors (Lipinski definition) is 3. The van der Waals surface area contributed by atoms with E-state index in [9.17, 15) is 4.79 Å². The van der Waals surface area contributed by atoms with E-state index in [1.54, 1.807) is 16.2 Å². The number of thiophene rings is 1. The number of nitrogens with zero attached hydrogens (tertiary/aromatic N) is 1. The maximum absolute atomic E-state index is 12.6. The Morgan fingerprint density at radius 2 is 2.10 bits per heavy atom. The standard InChI is InChI=1S/C16H19BrN2OS/c1-11(2)18-14-7-5-4-6-13(14)16(20)19(3)9-12-8-15(17)21-10-12/h4-8,10-11,18H,9H2,1-3H3. The Hall–Kier alpha value is -1.33. The van der Waals surface area contributed by atoms with Gasteiger partial charge in [0.05, 0.1) is 9.35 Å². The zero-order valence-corrected chi connectivity index (χ0v) is 14.8. The van der Waals surface area contributed by atoms with Gasteiger partial charge in [0.25, 0.3) is 5.91 Å². The van der Waals surface area contributed by atoms with E-state index in [4.69, 9.17) is 0 Å². The Bertz CT molecular complexity index is 624. The lowest BCUT2D eigenvalue weighted by atomic mass is 10.1. The van der Waals surface area contributed by atoms with Gasteiger partial charge in [0.1, 0.15) is 0 Å². The number of halogens is 1. The van der Waals surface area contributed by atoms with Crippen LogP contribution in [0.3, 0.4) is 0 Å². The normalized spacial score (nSPS) is 10.7. The molecule has 112 valence electrons. The molecule has 0 unspecified atom stereocenters. The minimum atomic E-state index is 0.0288. The molecular weight excluding hydrogens is 348 g/mol. The molecule has 2 rings (SSSR count). The maximum Gasteiger partial charge on any atom is 0.255 e. The molecule has 5 heteroatoms. The van der Waals surface area contributed by atoms with Crippen molar-refractivity contribution in [1.82, 2.24) is 4.90 Å². The highest BCUT2D eigenvalue weighted by molar-refractivity contribution is 9.11. The molecule has 0 bridgehead atoms. The van der Waals surface area contributed by atoms with Crippen LogP contribution < -0.4 is 5.32 Å². The summed E-state index contributed by atoms with van der Waals surface area (Å²) in [4.78, 5) is 14.4. The largest absolute Gasteiger partial charge is 0.382 e. The predicted molar refractivity (Wildman–Crippen MR) is 93.0 cm³/mol. The number of benzene rings is 1. The van der Waals surface area contributed by atoms with Gasteiger partial charge in [-0.3, -0.25) is 4.79 Å². The second kappa shape index (κ2) is 7.09. The zero-order valence-electron chi connectivity index (χ0n) is 12.4. The highest BCUT2D eigenvalue weighted by Gasteiger charge is 2.16. The van der Waals surface area contributed by atoms with Gasteiger partial charge in [-0.1, -0.05) is 12.1 Å². The minimum Gasteiger partial charge on any atom is -0.382 e. The fraction of sp³-hybridized carbons (Fsp3) is 0.312. The Labute approximate surface area is 138 Å². The number of carbonyl (C=O) groups is 1. The van der Waals surface area contributed by atoms with Gasteiger partial charge < -0.3 is 10.2 Å². The van der Waals surface area contributed by atoms with Crippen molar-refractivity contribution in [3.63, 3.8) is 0 Å². The molecule has 0 saturated heterocycles. The van der Waals surface area contributed by atoms with Crippen LogP contribution in [-0.2, 0) is 6.54 Å². The number of amides is 1. The summed E-state index contributed by atoms with van der Waals surface area (Å²) in [5.41, 5.74) is 2.73. The van der Waals surface area contributed by atoms with Crippen molar-refractivity contribution in [3.05, 3.63) is 50.6 Å². The average molecular weight is 367 g/mol. The molecule has 0 aliphatic rings. The molecule has 2 aromatic rings. The molecule has 1 aromatic heterocycles. The number of rotatable bonds is 5. The second-order valence-electron chi connectivity index (χ2n) is 5.26. The molecule has 0 spiro atoms. The minimum absolute atomic E-state index is 0.0288. The Morgan fingerprint density at radius 3 is 2.71 bits per heavy atom. The molecule has 3 nitrogen and oxygen atoms in total. The summed E-state index contributed by atoms with van der Waals surface area (Å²) in [6, 6.07) is 9.99. The molecule has 0 aliphatic carbocycles. The fourth-order valence-electron chi connectivity index (χ4n) is 2.09. The van der Waals surface area contributed by atoms with Crippen molar-refractivity contribution in [3.8, 4) is 0 Å². The van der Waals surface area contributed by atoms with Gasteiger partial charge >= 0.3 is 0 Å². The number of anilines is 1. The van der Waals surface area contributed by atoms with Crippen LogP contribution in [-0.4, -0.2) is 23.9 Å². The van der Waals surface area contributed by atoms with Crippen LogP contribution in [0.2, 0.25) is 0 Å². The van der Waals surface area contributed by atoms with Gasteiger partial charge in [-0.2, -0.15) is 0 Å². The van der Waals surface area contributed by atoms with Crippen molar-refractivity contribution in [2.45, 2.75) is 26.4 Å². The van der Waals surface area contributed by atoms with Gasteiger partial charge in [0, 0.05) is 25.3 Å². The first kappa shape index (κ1) is 16.0. The average Bonchev–Trinajstić information content (AvgIpc) is 2.83. The quantitative estimate of drug-likeness (QED) is 0.838. The predicted octanol–water partition coefficient (Wildman–Crippen LogP) is 4.60. The molecule has 1 amide bonds. The van der Waals surface area contributed by atoms with Crippen molar-refractivity contribution < 1.29 is 4.79 Å². The first-order valence-corrected chi connectivity index (χ1v) is 8.48. The lowest BCUT2D eigenvalue weighted by Gasteiger charge is -2.20. The molecule has 1 heterocycles. The van der Waals surface area contributed by atoms with E-state index in [-0.39, 0.29) is 11.9 Å². The third kappa shape index (κ3) is 4.32. The highest BCUT2D eigenvalue weighted by atomic mass is 79.9. The summed E-state index contributed by atoms with van der Waals surface area (Å²) in [7, 11) is 1.83. The summed E-state index contributed by atoms with van der Waals surface area (Å²) in [5.74, 6) is 0.0288. The van der Waals surface area contributed by atoms with Gasteiger partial charge in [-0.15, -0.1) is 11.3 Å². The number of hydrogen-bond donors (Lipinski definition) is 1. The molecule has 0 saturated carbocycles. The van der Waals surface area contributed by atoms with Crippen molar-refractivity contribution in [2.24, 2.45) is 0 Å². The van der Waals surface area contributed by atoms with Gasteiger partial charge in [0.2, 0.25) is 0 Å². The third-order valence-corrected chi connectivity index (χ3v) is 4.54. The maximum atomic E-state index is 12.6. The van der Waals surface area contributed by atoms with E-state index < -0.39 is 0 Å². The Morgan fingerprint density at radius 1 is 1.38 bits per heavy atom. The topological polar surface area (TPSA) is 32.3 Å². The number of para-hydroxylation sites is 1. The monoisotopic (exact) mass is 366 g/mol. The zero-order chi connectivity index (χ0) is 15.4. The van der Waals surface area contributed by atoms with Crippen LogP contribution in [0.5, 0.6) is 0 Å². The summed E-state index contributed by atoms with van der Waals surface area (Å²) in [6.07, 6.45) is 0. The van der Waals surface area contributed by atoms with Crippen LogP contribution in [0.25, 0.3) is 0 Å². The van der Waals surface area contributed by atoms with E-state index in [0.29, 0.717) is 12.1 Å². The van der Waals surface area contributed by atoms with Gasteiger partial charge in [-0.05, 0) is 58.9 Å². The Balaban J connectivity index is 2.15. The van der Waals surface area contributed by atoms with Crippen molar-refractivity contribution in [2.75, 3.05) is 12.4 Å². The Kier molecular flexibility index (Phi) is 5.42.